The molecule has 0 aliphatic heterocycles. The van der Waals surface area contributed by atoms with Gasteiger partial charge in [0.1, 0.15) is 11.1 Å². The summed E-state index contributed by atoms with van der Waals surface area (Å²) in [5.74, 6) is 0. The van der Waals surface area contributed by atoms with Crippen LogP contribution in [0.4, 0.5) is 0 Å². The SMILES string of the molecule is CCCNCc1sc(C(OC)C(C)(C)C)nc1CCC. The zero-order valence-corrected chi connectivity index (χ0v) is 14.7. The number of hydrogen-bond acceptors (Lipinski definition) is 4. The van der Waals surface area contributed by atoms with E-state index in [1.165, 1.54) is 10.6 Å². The Labute approximate surface area is 128 Å². The van der Waals surface area contributed by atoms with Crippen LogP contribution in [0.15, 0.2) is 0 Å². The van der Waals surface area contributed by atoms with Gasteiger partial charge in [0.2, 0.25) is 0 Å². The molecule has 0 saturated heterocycles. The van der Waals surface area contributed by atoms with Crippen LogP contribution in [0.25, 0.3) is 0 Å². The Bertz CT molecular complexity index is 396. The normalized spacial score (nSPS) is 13.7. The maximum atomic E-state index is 5.70. The number of nitrogens with one attached hydrogen (secondary N) is 1. The van der Waals surface area contributed by atoms with Crippen molar-refractivity contribution >= 4 is 11.3 Å². The van der Waals surface area contributed by atoms with Crippen molar-refractivity contribution in [2.75, 3.05) is 13.7 Å². The van der Waals surface area contributed by atoms with Crippen LogP contribution < -0.4 is 5.32 Å². The van der Waals surface area contributed by atoms with Crippen LogP contribution in [0, 0.1) is 5.41 Å². The standard InChI is InChI=1S/C16H30N2OS/c1-7-9-12-13(11-17-10-8-2)20-15(18-12)14(19-6)16(3,4)5/h14,17H,7-11H2,1-6H3. The molecule has 0 aliphatic carbocycles. The Morgan fingerprint density at radius 3 is 2.45 bits per heavy atom. The number of rotatable bonds is 8. The minimum absolute atomic E-state index is 0.0723. The van der Waals surface area contributed by atoms with Gasteiger partial charge in [0.15, 0.2) is 0 Å². The smallest absolute Gasteiger partial charge is 0.123 e. The van der Waals surface area contributed by atoms with Crippen molar-refractivity contribution in [2.24, 2.45) is 5.41 Å². The molecule has 1 N–H and O–H groups in total. The first-order valence-corrected chi connectivity index (χ1v) is 8.47. The van der Waals surface area contributed by atoms with Crippen LogP contribution in [0.1, 0.15) is 69.1 Å². The predicted molar refractivity (Wildman–Crippen MR) is 87.3 cm³/mol. The molecule has 1 rings (SSSR count). The summed E-state index contributed by atoms with van der Waals surface area (Å²) < 4.78 is 5.70. The molecule has 1 aromatic rings. The van der Waals surface area contributed by atoms with Crippen molar-refractivity contribution in [2.45, 2.75) is 66.5 Å². The Kier molecular flexibility index (Phi) is 7.13. The molecule has 20 heavy (non-hydrogen) atoms. The third kappa shape index (κ3) is 4.83. The van der Waals surface area contributed by atoms with E-state index in [1.807, 2.05) is 11.3 Å². The molecule has 0 fully saturated rings. The molecular weight excluding hydrogens is 268 g/mol. The highest BCUT2D eigenvalue weighted by atomic mass is 32.1. The Balaban J connectivity index is 2.94. The molecule has 3 nitrogen and oxygen atoms in total. The first-order chi connectivity index (χ1) is 9.43. The van der Waals surface area contributed by atoms with Gasteiger partial charge in [-0.3, -0.25) is 0 Å². The van der Waals surface area contributed by atoms with Crippen LogP contribution in [-0.2, 0) is 17.7 Å². The zero-order chi connectivity index (χ0) is 15.2. The summed E-state index contributed by atoms with van der Waals surface area (Å²) in [6.07, 6.45) is 3.43. The molecule has 0 bridgehead atoms. The summed E-state index contributed by atoms with van der Waals surface area (Å²) in [5.41, 5.74) is 1.33. The summed E-state index contributed by atoms with van der Waals surface area (Å²) >= 11 is 1.81. The lowest BCUT2D eigenvalue weighted by Gasteiger charge is -2.27. The fourth-order valence-electron chi connectivity index (χ4n) is 2.29. The highest BCUT2D eigenvalue weighted by Crippen LogP contribution is 2.38. The van der Waals surface area contributed by atoms with Crippen LogP contribution in [0.5, 0.6) is 0 Å². The van der Waals surface area contributed by atoms with Gasteiger partial charge in [-0.1, -0.05) is 41.0 Å². The highest BCUT2D eigenvalue weighted by molar-refractivity contribution is 7.11. The molecular formula is C16H30N2OS. The van der Waals surface area contributed by atoms with Crippen molar-refractivity contribution in [3.05, 3.63) is 15.6 Å². The molecule has 1 heterocycles. The first kappa shape index (κ1) is 17.6. The summed E-state index contributed by atoms with van der Waals surface area (Å²) in [6.45, 7) is 13.0. The summed E-state index contributed by atoms with van der Waals surface area (Å²) in [5, 5.41) is 4.61. The fourth-order valence-corrected chi connectivity index (χ4v) is 3.69. The largest absolute Gasteiger partial charge is 0.374 e. The zero-order valence-electron chi connectivity index (χ0n) is 13.9. The van der Waals surface area contributed by atoms with E-state index in [4.69, 9.17) is 9.72 Å². The topological polar surface area (TPSA) is 34.1 Å². The summed E-state index contributed by atoms with van der Waals surface area (Å²) in [4.78, 5) is 6.25. The first-order valence-electron chi connectivity index (χ1n) is 7.66. The lowest BCUT2D eigenvalue weighted by Crippen LogP contribution is -2.20. The van der Waals surface area contributed by atoms with E-state index in [2.05, 4.69) is 39.9 Å². The summed E-state index contributed by atoms with van der Waals surface area (Å²) in [7, 11) is 1.78. The van der Waals surface area contributed by atoms with Crippen molar-refractivity contribution < 1.29 is 4.74 Å². The Hall–Kier alpha value is -0.450. The van der Waals surface area contributed by atoms with Crippen LogP contribution >= 0.6 is 11.3 Å². The number of thiazole rings is 1. The second-order valence-electron chi connectivity index (χ2n) is 6.33. The van der Waals surface area contributed by atoms with E-state index in [9.17, 15) is 0 Å². The van der Waals surface area contributed by atoms with Crippen molar-refractivity contribution in [1.82, 2.24) is 10.3 Å². The molecule has 0 aromatic carbocycles. The number of nitrogens with zero attached hydrogens (tertiary/aromatic N) is 1. The molecule has 0 amide bonds. The van der Waals surface area contributed by atoms with Crippen molar-refractivity contribution in [3.63, 3.8) is 0 Å². The molecule has 116 valence electrons. The van der Waals surface area contributed by atoms with E-state index in [0.717, 1.165) is 37.4 Å². The number of hydrogen-bond donors (Lipinski definition) is 1. The molecule has 0 aliphatic rings. The molecule has 0 radical (unpaired) electrons. The van der Waals surface area contributed by atoms with Gasteiger partial charge < -0.3 is 10.1 Å². The third-order valence-corrected chi connectivity index (χ3v) is 4.38. The van der Waals surface area contributed by atoms with E-state index >= 15 is 0 Å². The lowest BCUT2D eigenvalue weighted by atomic mass is 9.89. The highest BCUT2D eigenvalue weighted by Gasteiger charge is 2.29. The number of aromatic nitrogens is 1. The molecule has 1 unspecified atom stereocenters. The van der Waals surface area contributed by atoms with Gasteiger partial charge in [0.05, 0.1) is 5.69 Å². The van der Waals surface area contributed by atoms with E-state index < -0.39 is 0 Å². The Morgan fingerprint density at radius 2 is 1.95 bits per heavy atom. The van der Waals surface area contributed by atoms with Gasteiger partial charge in [0, 0.05) is 18.5 Å². The Morgan fingerprint density at radius 1 is 1.25 bits per heavy atom. The van der Waals surface area contributed by atoms with Gasteiger partial charge in [-0.05, 0) is 24.8 Å². The van der Waals surface area contributed by atoms with E-state index in [-0.39, 0.29) is 11.5 Å². The second-order valence-corrected chi connectivity index (χ2v) is 7.45. The van der Waals surface area contributed by atoms with Crippen molar-refractivity contribution in [3.8, 4) is 0 Å². The quantitative estimate of drug-likeness (QED) is 0.725. The second kappa shape index (κ2) is 8.11. The maximum absolute atomic E-state index is 5.70. The van der Waals surface area contributed by atoms with E-state index in [0.29, 0.717) is 0 Å². The van der Waals surface area contributed by atoms with Crippen molar-refractivity contribution in [1.29, 1.82) is 0 Å². The predicted octanol–water partition coefficient (Wildman–Crippen LogP) is 4.33. The molecule has 0 spiro atoms. The van der Waals surface area contributed by atoms with Crippen LogP contribution in [-0.4, -0.2) is 18.6 Å². The number of aryl methyl sites for hydroxylation is 1. The maximum Gasteiger partial charge on any atom is 0.123 e. The van der Waals surface area contributed by atoms with Crippen LogP contribution in [0.3, 0.4) is 0 Å². The van der Waals surface area contributed by atoms with Crippen LogP contribution in [0.2, 0.25) is 0 Å². The van der Waals surface area contributed by atoms with Gasteiger partial charge in [-0.2, -0.15) is 0 Å². The minimum atomic E-state index is 0.0723. The van der Waals surface area contributed by atoms with E-state index in [1.54, 1.807) is 7.11 Å². The fraction of sp³-hybridized carbons (Fsp3) is 0.812. The van der Waals surface area contributed by atoms with Gasteiger partial charge in [-0.15, -0.1) is 11.3 Å². The third-order valence-electron chi connectivity index (χ3n) is 3.24. The lowest BCUT2D eigenvalue weighted by molar-refractivity contribution is 0.0149. The average Bonchev–Trinajstić information content (AvgIpc) is 2.72. The summed E-state index contributed by atoms with van der Waals surface area (Å²) in [6, 6.07) is 0. The van der Waals surface area contributed by atoms with Gasteiger partial charge in [-0.25, -0.2) is 4.98 Å². The molecule has 1 aromatic heterocycles. The number of methoxy groups -OCH3 is 1. The molecule has 0 saturated carbocycles. The minimum Gasteiger partial charge on any atom is -0.374 e. The number of ether oxygens (including phenoxy) is 1. The molecule has 4 heteroatoms. The van der Waals surface area contributed by atoms with Gasteiger partial charge in [0.25, 0.3) is 0 Å². The molecule has 1 atom stereocenters. The van der Waals surface area contributed by atoms with Gasteiger partial charge >= 0.3 is 0 Å². The average molecular weight is 298 g/mol. The monoisotopic (exact) mass is 298 g/mol.